The van der Waals surface area contributed by atoms with E-state index >= 15 is 0 Å². The molecule has 1 aromatic heterocycles. The zero-order chi connectivity index (χ0) is 13.9. The first-order valence-electron chi connectivity index (χ1n) is 7.49. The van der Waals surface area contributed by atoms with Crippen LogP contribution in [0.15, 0.2) is 0 Å². The van der Waals surface area contributed by atoms with Crippen LogP contribution in [0.4, 0.5) is 17.8 Å². The fourth-order valence-electron chi connectivity index (χ4n) is 2.99. The molecule has 0 amide bonds. The van der Waals surface area contributed by atoms with Gasteiger partial charge in [0.1, 0.15) is 0 Å². The van der Waals surface area contributed by atoms with Crippen LogP contribution in [0, 0.1) is 5.92 Å². The molecule has 1 atom stereocenters. The number of anilines is 3. The number of nitrogen functional groups attached to an aromatic ring is 1. The maximum absolute atomic E-state index is 5.50. The predicted molar refractivity (Wildman–Crippen MR) is 79.7 cm³/mol. The van der Waals surface area contributed by atoms with Crippen molar-refractivity contribution in [2.75, 3.05) is 41.4 Å². The Balaban J connectivity index is 1.87. The van der Waals surface area contributed by atoms with Crippen LogP contribution in [0.25, 0.3) is 0 Å². The van der Waals surface area contributed by atoms with Crippen molar-refractivity contribution in [1.29, 1.82) is 0 Å². The highest BCUT2D eigenvalue weighted by Crippen LogP contribution is 2.23. The highest BCUT2D eigenvalue weighted by Gasteiger charge is 2.22. The van der Waals surface area contributed by atoms with Crippen molar-refractivity contribution >= 4 is 17.8 Å². The lowest BCUT2D eigenvalue weighted by Crippen LogP contribution is -2.36. The molecule has 0 saturated carbocycles. The molecule has 0 spiro atoms. The van der Waals surface area contributed by atoms with Crippen molar-refractivity contribution in [2.45, 2.75) is 32.6 Å². The molecule has 3 heterocycles. The zero-order valence-corrected chi connectivity index (χ0v) is 12.0. The van der Waals surface area contributed by atoms with Crippen molar-refractivity contribution in [3.63, 3.8) is 0 Å². The number of nitrogens with zero attached hydrogens (tertiary/aromatic N) is 5. The number of nitrogens with two attached hydrogens (primary N) is 1. The summed E-state index contributed by atoms with van der Waals surface area (Å²) in [5.41, 5.74) is 2.57. The summed E-state index contributed by atoms with van der Waals surface area (Å²) in [7, 11) is 0. The van der Waals surface area contributed by atoms with Crippen LogP contribution in [0.5, 0.6) is 0 Å². The van der Waals surface area contributed by atoms with Crippen LogP contribution in [-0.2, 0) is 0 Å². The quantitative estimate of drug-likeness (QED) is 0.629. The van der Waals surface area contributed by atoms with E-state index in [1.54, 1.807) is 0 Å². The Bertz CT molecular complexity index is 458. The number of hydrogen-bond donors (Lipinski definition) is 2. The SMILES string of the molecule is CC1CCCN(c2nc(NN)nc(N3CCCC3)n2)C1. The van der Waals surface area contributed by atoms with E-state index in [0.29, 0.717) is 11.9 Å². The molecule has 1 unspecified atom stereocenters. The molecule has 2 saturated heterocycles. The molecular formula is C13H23N7. The minimum Gasteiger partial charge on any atom is -0.341 e. The first-order chi connectivity index (χ1) is 9.76. The van der Waals surface area contributed by atoms with Gasteiger partial charge in [0.05, 0.1) is 0 Å². The summed E-state index contributed by atoms with van der Waals surface area (Å²) >= 11 is 0. The summed E-state index contributed by atoms with van der Waals surface area (Å²) in [5, 5.41) is 0. The van der Waals surface area contributed by atoms with Gasteiger partial charge in [-0.25, -0.2) is 5.84 Å². The van der Waals surface area contributed by atoms with E-state index in [2.05, 4.69) is 37.1 Å². The van der Waals surface area contributed by atoms with E-state index in [4.69, 9.17) is 5.84 Å². The maximum Gasteiger partial charge on any atom is 0.243 e. The van der Waals surface area contributed by atoms with E-state index in [0.717, 1.165) is 38.1 Å². The van der Waals surface area contributed by atoms with Gasteiger partial charge < -0.3 is 9.80 Å². The third kappa shape index (κ3) is 2.77. The van der Waals surface area contributed by atoms with Gasteiger partial charge in [0.15, 0.2) is 0 Å². The Labute approximate surface area is 119 Å². The van der Waals surface area contributed by atoms with Crippen LogP contribution in [0.3, 0.4) is 0 Å². The highest BCUT2D eigenvalue weighted by molar-refractivity contribution is 5.45. The second kappa shape index (κ2) is 5.78. The first-order valence-corrected chi connectivity index (χ1v) is 7.49. The van der Waals surface area contributed by atoms with Crippen molar-refractivity contribution in [3.05, 3.63) is 0 Å². The second-order valence-corrected chi connectivity index (χ2v) is 5.79. The molecular weight excluding hydrogens is 254 g/mol. The van der Waals surface area contributed by atoms with Crippen LogP contribution >= 0.6 is 0 Å². The molecule has 110 valence electrons. The zero-order valence-electron chi connectivity index (χ0n) is 12.0. The van der Waals surface area contributed by atoms with Crippen molar-refractivity contribution in [3.8, 4) is 0 Å². The van der Waals surface area contributed by atoms with Gasteiger partial charge in [-0.3, -0.25) is 5.43 Å². The average Bonchev–Trinajstić information content (AvgIpc) is 3.01. The van der Waals surface area contributed by atoms with Crippen LogP contribution in [0.1, 0.15) is 32.6 Å². The second-order valence-electron chi connectivity index (χ2n) is 5.79. The van der Waals surface area contributed by atoms with Crippen molar-refractivity contribution in [1.82, 2.24) is 15.0 Å². The lowest BCUT2D eigenvalue weighted by atomic mass is 10.0. The third-order valence-electron chi connectivity index (χ3n) is 4.07. The molecule has 3 N–H and O–H groups in total. The van der Waals surface area contributed by atoms with Crippen molar-refractivity contribution < 1.29 is 0 Å². The van der Waals surface area contributed by atoms with E-state index in [9.17, 15) is 0 Å². The predicted octanol–water partition coefficient (Wildman–Crippen LogP) is 0.994. The first kappa shape index (κ1) is 13.4. The number of piperidine rings is 1. The fraction of sp³-hybridized carbons (Fsp3) is 0.769. The number of hydrogen-bond acceptors (Lipinski definition) is 7. The summed E-state index contributed by atoms with van der Waals surface area (Å²) in [6.45, 7) is 6.33. The molecule has 20 heavy (non-hydrogen) atoms. The molecule has 0 aliphatic carbocycles. The molecule has 2 fully saturated rings. The van der Waals surface area contributed by atoms with Gasteiger partial charge in [0, 0.05) is 26.2 Å². The highest BCUT2D eigenvalue weighted by atomic mass is 15.4. The van der Waals surface area contributed by atoms with Gasteiger partial charge in [0.2, 0.25) is 17.8 Å². The number of aromatic nitrogens is 3. The van der Waals surface area contributed by atoms with Gasteiger partial charge in [-0.15, -0.1) is 0 Å². The number of hydrazine groups is 1. The van der Waals surface area contributed by atoms with Crippen LogP contribution < -0.4 is 21.1 Å². The van der Waals surface area contributed by atoms with E-state index in [-0.39, 0.29) is 0 Å². The van der Waals surface area contributed by atoms with E-state index < -0.39 is 0 Å². The Kier molecular flexibility index (Phi) is 3.86. The molecule has 2 aliphatic rings. The molecule has 3 rings (SSSR count). The fourth-order valence-corrected chi connectivity index (χ4v) is 2.99. The molecule has 0 radical (unpaired) electrons. The Morgan fingerprint density at radius 3 is 2.30 bits per heavy atom. The molecule has 2 aliphatic heterocycles. The largest absolute Gasteiger partial charge is 0.341 e. The maximum atomic E-state index is 5.50. The average molecular weight is 277 g/mol. The minimum absolute atomic E-state index is 0.454. The topological polar surface area (TPSA) is 83.2 Å². The van der Waals surface area contributed by atoms with Gasteiger partial charge in [-0.1, -0.05) is 6.92 Å². The molecule has 7 heteroatoms. The molecule has 7 nitrogen and oxygen atoms in total. The summed E-state index contributed by atoms with van der Waals surface area (Å²) < 4.78 is 0. The van der Waals surface area contributed by atoms with Gasteiger partial charge >= 0.3 is 0 Å². The standard InChI is InChI=1S/C13H23N7/c1-10-5-4-8-20(9-10)13-16-11(18-14)15-12(17-13)19-6-2-3-7-19/h10H,2-9,14H2,1H3,(H,15,16,17,18). The van der Waals surface area contributed by atoms with Gasteiger partial charge in [-0.2, -0.15) is 15.0 Å². The third-order valence-corrected chi connectivity index (χ3v) is 4.07. The van der Waals surface area contributed by atoms with Gasteiger partial charge in [-0.05, 0) is 31.6 Å². The lowest BCUT2D eigenvalue weighted by Gasteiger charge is -2.31. The monoisotopic (exact) mass is 277 g/mol. The van der Waals surface area contributed by atoms with E-state index in [1.807, 2.05) is 0 Å². The number of rotatable bonds is 3. The summed E-state index contributed by atoms with van der Waals surface area (Å²) in [6.07, 6.45) is 4.88. The summed E-state index contributed by atoms with van der Waals surface area (Å²) in [6, 6.07) is 0. The normalized spacial score (nSPS) is 23.2. The van der Waals surface area contributed by atoms with Crippen molar-refractivity contribution in [2.24, 2.45) is 11.8 Å². The molecule has 0 bridgehead atoms. The molecule has 1 aromatic rings. The summed E-state index contributed by atoms with van der Waals surface area (Å²) in [5.74, 6) is 8.14. The summed E-state index contributed by atoms with van der Waals surface area (Å²) in [4.78, 5) is 17.9. The Hall–Kier alpha value is -1.63. The Morgan fingerprint density at radius 1 is 1.00 bits per heavy atom. The smallest absolute Gasteiger partial charge is 0.243 e. The van der Waals surface area contributed by atoms with Crippen LogP contribution in [0.2, 0.25) is 0 Å². The van der Waals surface area contributed by atoms with Crippen LogP contribution in [-0.4, -0.2) is 41.1 Å². The molecule has 0 aromatic carbocycles. The van der Waals surface area contributed by atoms with E-state index in [1.165, 1.54) is 25.7 Å². The minimum atomic E-state index is 0.454. The lowest BCUT2D eigenvalue weighted by molar-refractivity contribution is 0.442. The number of nitrogens with one attached hydrogen (secondary N) is 1. The van der Waals surface area contributed by atoms with Gasteiger partial charge in [0.25, 0.3) is 0 Å². The Morgan fingerprint density at radius 2 is 1.65 bits per heavy atom.